The van der Waals surface area contributed by atoms with E-state index in [1.54, 1.807) is 0 Å². The van der Waals surface area contributed by atoms with Crippen molar-refractivity contribution >= 4 is 65.6 Å². The average Bonchev–Trinajstić information content (AvgIpc) is 3.90. The molecular formula is C52H29N3O. The SMILES string of the molecule is c1ccc2c(c1)-c1ccccc1C21c2ccccc2-c2cc(-c3nc4nc(n3)c3cccc5oc6ccc(cc6c53)c3ccccc3c3cccc4c3)ccc21. The van der Waals surface area contributed by atoms with Gasteiger partial charge in [0.2, 0.25) is 0 Å². The smallest absolute Gasteiger partial charge is 0.164 e. The van der Waals surface area contributed by atoms with Crippen molar-refractivity contribution in [2.45, 2.75) is 5.41 Å². The van der Waals surface area contributed by atoms with Crippen molar-refractivity contribution in [3.05, 3.63) is 198 Å². The van der Waals surface area contributed by atoms with Crippen LogP contribution in [0.1, 0.15) is 22.3 Å². The van der Waals surface area contributed by atoms with E-state index in [0.29, 0.717) is 17.1 Å². The first-order valence-corrected chi connectivity index (χ1v) is 19.1. The zero-order valence-corrected chi connectivity index (χ0v) is 30.0. The van der Waals surface area contributed by atoms with Gasteiger partial charge in [0.25, 0.3) is 0 Å². The maximum absolute atomic E-state index is 6.47. The van der Waals surface area contributed by atoms with Crippen molar-refractivity contribution in [1.82, 2.24) is 15.0 Å². The molecule has 2 aliphatic carbocycles. The van der Waals surface area contributed by atoms with Crippen LogP contribution in [0.4, 0.5) is 0 Å². The van der Waals surface area contributed by atoms with Crippen molar-refractivity contribution in [2.24, 2.45) is 0 Å². The highest BCUT2D eigenvalue weighted by Crippen LogP contribution is 2.62. The maximum Gasteiger partial charge on any atom is 0.164 e. The lowest BCUT2D eigenvalue weighted by molar-refractivity contribution is 0.669. The first kappa shape index (κ1) is 30.0. The second-order valence-electron chi connectivity index (χ2n) is 15.1. The normalized spacial score (nSPS) is 13.5. The fourth-order valence-electron chi connectivity index (χ4n) is 9.99. The lowest BCUT2D eigenvalue weighted by Crippen LogP contribution is -2.25. The number of aromatic nitrogens is 3. The quantitative estimate of drug-likeness (QED) is 0.170. The molecule has 0 radical (unpaired) electrons. The van der Waals surface area contributed by atoms with Crippen molar-refractivity contribution in [3.8, 4) is 33.6 Å². The Labute approximate surface area is 321 Å². The van der Waals surface area contributed by atoms with E-state index < -0.39 is 5.41 Å². The van der Waals surface area contributed by atoms with Gasteiger partial charge in [-0.3, -0.25) is 0 Å². The highest BCUT2D eigenvalue weighted by atomic mass is 16.3. The zero-order chi connectivity index (χ0) is 36.5. The Morgan fingerprint density at radius 2 is 0.946 bits per heavy atom. The molecule has 6 bridgehead atoms. The summed E-state index contributed by atoms with van der Waals surface area (Å²) in [6.45, 7) is 0. The number of rotatable bonds is 1. The van der Waals surface area contributed by atoms with Gasteiger partial charge in [0.15, 0.2) is 17.1 Å². The van der Waals surface area contributed by atoms with Crippen LogP contribution in [0.15, 0.2) is 180 Å². The molecule has 0 N–H and O–H groups in total. The summed E-state index contributed by atoms with van der Waals surface area (Å²) in [6.07, 6.45) is 0. The number of furan rings is 1. The molecule has 0 fully saturated rings. The van der Waals surface area contributed by atoms with E-state index in [1.165, 1.54) is 44.5 Å². The van der Waals surface area contributed by atoms with Crippen LogP contribution in [0.25, 0.3) is 99.2 Å². The van der Waals surface area contributed by atoms with E-state index in [-0.39, 0.29) is 0 Å². The molecule has 0 atom stereocenters. The van der Waals surface area contributed by atoms with E-state index in [9.17, 15) is 0 Å². The Morgan fingerprint density at radius 1 is 0.357 bits per heavy atom. The van der Waals surface area contributed by atoms with E-state index in [2.05, 4.69) is 164 Å². The second-order valence-corrected chi connectivity index (χ2v) is 15.1. The summed E-state index contributed by atoms with van der Waals surface area (Å²) in [7, 11) is 0. The Kier molecular flexibility index (Phi) is 5.80. The van der Waals surface area contributed by atoms with Gasteiger partial charge in [0.1, 0.15) is 11.2 Å². The van der Waals surface area contributed by atoms with Crippen LogP contribution in [-0.2, 0) is 5.41 Å². The average molecular weight is 712 g/mol. The van der Waals surface area contributed by atoms with Crippen LogP contribution in [0.5, 0.6) is 0 Å². The van der Waals surface area contributed by atoms with Gasteiger partial charge in [-0.15, -0.1) is 0 Å². The van der Waals surface area contributed by atoms with E-state index in [1.807, 2.05) is 12.1 Å². The summed E-state index contributed by atoms with van der Waals surface area (Å²) in [5.74, 6) is 0.629. The molecule has 0 aliphatic heterocycles. The fourth-order valence-corrected chi connectivity index (χ4v) is 9.99. The minimum Gasteiger partial charge on any atom is -0.456 e. The van der Waals surface area contributed by atoms with Crippen LogP contribution in [0.2, 0.25) is 0 Å². The van der Waals surface area contributed by atoms with Crippen LogP contribution in [0, 0.1) is 0 Å². The van der Waals surface area contributed by atoms with Gasteiger partial charge in [-0.05, 0) is 96.4 Å². The molecule has 258 valence electrons. The number of fused-ring (bicyclic) bond motifs is 20. The van der Waals surface area contributed by atoms with Gasteiger partial charge >= 0.3 is 0 Å². The van der Waals surface area contributed by atoms with Crippen LogP contribution < -0.4 is 0 Å². The largest absolute Gasteiger partial charge is 0.456 e. The summed E-state index contributed by atoms with van der Waals surface area (Å²) in [6, 6.07) is 63.4. The predicted molar refractivity (Wildman–Crippen MR) is 228 cm³/mol. The monoisotopic (exact) mass is 711 g/mol. The summed E-state index contributed by atoms with van der Waals surface area (Å²) in [5.41, 5.74) is 13.7. The summed E-state index contributed by atoms with van der Waals surface area (Å²) < 4.78 is 6.47. The van der Waals surface area contributed by atoms with Gasteiger partial charge < -0.3 is 4.42 Å². The van der Waals surface area contributed by atoms with Crippen LogP contribution in [0.3, 0.4) is 0 Å². The molecule has 0 unspecified atom stereocenters. The van der Waals surface area contributed by atoms with Crippen molar-refractivity contribution in [1.29, 1.82) is 0 Å². The molecule has 2 aliphatic rings. The molecule has 3 aromatic heterocycles. The summed E-state index contributed by atoms with van der Waals surface area (Å²) >= 11 is 0. The van der Waals surface area contributed by atoms with E-state index in [4.69, 9.17) is 19.4 Å². The molecule has 8 aromatic carbocycles. The third-order valence-electron chi connectivity index (χ3n) is 12.3. The highest BCUT2D eigenvalue weighted by molar-refractivity contribution is 6.19. The first-order valence-electron chi connectivity index (χ1n) is 19.1. The third-order valence-corrected chi connectivity index (χ3v) is 12.3. The third kappa shape index (κ3) is 3.85. The summed E-state index contributed by atoms with van der Waals surface area (Å²) in [5, 5.41) is 8.43. The van der Waals surface area contributed by atoms with E-state index in [0.717, 1.165) is 59.8 Å². The Balaban J connectivity index is 1.14. The molecule has 4 nitrogen and oxygen atoms in total. The fraction of sp³-hybridized carbons (Fsp3) is 0.0192. The zero-order valence-electron chi connectivity index (χ0n) is 30.0. The molecule has 0 saturated carbocycles. The molecule has 0 amide bonds. The Hall–Kier alpha value is -7.43. The van der Waals surface area contributed by atoms with Crippen molar-refractivity contribution in [2.75, 3.05) is 0 Å². The second kappa shape index (κ2) is 10.8. The minimum absolute atomic E-state index is 0.410. The molecule has 13 rings (SSSR count). The Bertz CT molecular complexity index is 3520. The lowest BCUT2D eigenvalue weighted by atomic mass is 9.70. The van der Waals surface area contributed by atoms with Crippen molar-refractivity contribution < 1.29 is 4.42 Å². The van der Waals surface area contributed by atoms with Crippen LogP contribution in [-0.4, -0.2) is 15.0 Å². The van der Waals surface area contributed by atoms with Crippen LogP contribution >= 0.6 is 0 Å². The molecule has 1 spiro atoms. The van der Waals surface area contributed by atoms with Gasteiger partial charge in [-0.2, -0.15) is 0 Å². The summed E-state index contributed by atoms with van der Waals surface area (Å²) in [4.78, 5) is 15.8. The maximum atomic E-state index is 6.47. The number of hydrogen-bond acceptors (Lipinski definition) is 4. The highest BCUT2D eigenvalue weighted by Gasteiger charge is 2.51. The molecule has 0 saturated heterocycles. The molecular weight excluding hydrogens is 683 g/mol. The molecule has 11 aromatic rings. The minimum atomic E-state index is -0.410. The molecule has 3 heterocycles. The van der Waals surface area contributed by atoms with Gasteiger partial charge in [-0.25, -0.2) is 15.0 Å². The predicted octanol–water partition coefficient (Wildman–Crippen LogP) is 13.0. The lowest BCUT2D eigenvalue weighted by Gasteiger charge is -2.30. The van der Waals surface area contributed by atoms with E-state index >= 15 is 0 Å². The number of benzene rings is 8. The first-order chi connectivity index (χ1) is 27.7. The van der Waals surface area contributed by atoms with Crippen molar-refractivity contribution in [3.63, 3.8) is 0 Å². The molecule has 4 heteroatoms. The molecule has 56 heavy (non-hydrogen) atoms. The topological polar surface area (TPSA) is 51.8 Å². The van der Waals surface area contributed by atoms with Gasteiger partial charge in [0.05, 0.1) is 5.41 Å². The Morgan fingerprint density at radius 3 is 1.70 bits per heavy atom. The number of hydrogen-bond donors (Lipinski definition) is 0. The van der Waals surface area contributed by atoms with Gasteiger partial charge in [0, 0.05) is 27.1 Å². The van der Waals surface area contributed by atoms with Gasteiger partial charge in [-0.1, -0.05) is 146 Å². The number of nitrogens with zero attached hydrogens (tertiary/aromatic N) is 3. The standard InChI is InChI=1S/C52H29N3O/c1-2-14-35-31-24-26-46-41(28-31)48-39(18-10-22-47(48)56-46)51-54-49(32-12-9-11-30(27-32)34(35)13-1)53-50(55-51)33-23-25-45-40(29-33)38-17-5-8-21-44(38)52(45)42-19-6-3-15-36(42)37-16-4-7-20-43(37)52/h1-29H.